The second kappa shape index (κ2) is 10.8. The van der Waals surface area contributed by atoms with Crippen LogP contribution in [0.5, 0.6) is 6.01 Å². The highest BCUT2D eigenvalue weighted by atomic mass is 19.1. The van der Waals surface area contributed by atoms with Crippen molar-refractivity contribution in [2.75, 3.05) is 20.2 Å². The summed E-state index contributed by atoms with van der Waals surface area (Å²) in [5.74, 6) is 0.396. The van der Waals surface area contributed by atoms with E-state index < -0.39 is 17.9 Å². The van der Waals surface area contributed by atoms with Crippen molar-refractivity contribution < 1.29 is 23.8 Å². The van der Waals surface area contributed by atoms with E-state index in [9.17, 15) is 9.90 Å². The van der Waals surface area contributed by atoms with Crippen LogP contribution in [-0.2, 0) is 4.74 Å². The van der Waals surface area contributed by atoms with Crippen LogP contribution < -0.4 is 15.3 Å². The summed E-state index contributed by atoms with van der Waals surface area (Å²) in [4.78, 5) is 22.7. The van der Waals surface area contributed by atoms with Gasteiger partial charge in [-0.1, -0.05) is 17.7 Å². The molecule has 2 fully saturated rings. The number of nitrogens with zero attached hydrogens (tertiary/aromatic N) is 5. The number of carbonyl (C=O) groups is 1. The number of hydrogen-bond acceptors (Lipinski definition) is 7. The van der Waals surface area contributed by atoms with Crippen LogP contribution in [0, 0.1) is 5.92 Å². The van der Waals surface area contributed by atoms with Crippen molar-refractivity contribution in [1.29, 1.82) is 0 Å². The number of likely N-dealkylation sites (tertiary alicyclic amines) is 1. The number of halogens is 1. The lowest BCUT2D eigenvalue weighted by molar-refractivity contribution is 0.00831. The van der Waals surface area contributed by atoms with Gasteiger partial charge in [-0.15, -0.1) is 0 Å². The lowest BCUT2D eigenvalue weighted by Crippen LogP contribution is -2.47. The Morgan fingerprint density at radius 3 is 2.58 bits per heavy atom. The zero-order chi connectivity index (χ0) is 27.8. The molecule has 1 aliphatic heterocycles. The molecule has 0 spiro atoms. The maximum atomic E-state index is 15.2. The first-order valence-electron chi connectivity index (χ1n) is 13.0. The fraction of sp³-hybridized carbons (Fsp3) is 0.571. The number of ether oxygens (including phenoxy) is 2. The van der Waals surface area contributed by atoms with E-state index in [-0.39, 0.29) is 30.5 Å². The number of methoxy groups -OCH3 is 1. The Kier molecular flexibility index (Phi) is 7.92. The lowest BCUT2D eigenvalue weighted by atomic mass is 9.80. The van der Waals surface area contributed by atoms with Crippen molar-refractivity contribution in [3.8, 4) is 11.8 Å². The van der Waals surface area contributed by atoms with Crippen molar-refractivity contribution >= 4 is 18.7 Å². The van der Waals surface area contributed by atoms with Gasteiger partial charge in [-0.2, -0.15) is 15.1 Å². The average molecular weight is 528 g/mol. The van der Waals surface area contributed by atoms with E-state index in [0.717, 1.165) is 22.1 Å². The number of piperidine rings is 1. The Hall–Kier alpha value is -3.27. The van der Waals surface area contributed by atoms with Gasteiger partial charge in [0.2, 0.25) is 0 Å². The van der Waals surface area contributed by atoms with Gasteiger partial charge in [0.25, 0.3) is 0 Å². The van der Waals surface area contributed by atoms with Gasteiger partial charge in [-0.3, -0.25) is 0 Å². The summed E-state index contributed by atoms with van der Waals surface area (Å²) >= 11 is 0. The average Bonchev–Trinajstić information content (AvgIpc) is 3.19. The molecule has 1 aliphatic carbocycles. The molecule has 0 radical (unpaired) electrons. The lowest BCUT2D eigenvalue weighted by Gasteiger charge is -2.36. The highest BCUT2D eigenvalue weighted by molar-refractivity contribution is 5.68. The fourth-order valence-electron chi connectivity index (χ4n) is 4.90. The number of alkyl halides is 1. The Morgan fingerprint density at radius 2 is 1.97 bits per heavy atom. The Balaban J connectivity index is 1.55. The number of carbonyl (C=O) groups excluding carboxylic acids is 1. The van der Waals surface area contributed by atoms with E-state index in [1.165, 1.54) is 12.0 Å². The van der Waals surface area contributed by atoms with Crippen LogP contribution in [0.1, 0.15) is 65.5 Å². The van der Waals surface area contributed by atoms with Gasteiger partial charge >= 0.3 is 12.1 Å². The fourth-order valence-corrected chi connectivity index (χ4v) is 4.90. The maximum Gasteiger partial charge on any atom is 0.410 e. The van der Waals surface area contributed by atoms with E-state index in [2.05, 4.69) is 21.6 Å². The molecule has 9 nitrogen and oxygen atoms in total. The molecule has 0 bridgehead atoms. The monoisotopic (exact) mass is 527 g/mol. The topological polar surface area (TPSA) is 103 Å². The molecule has 10 heteroatoms. The molecule has 2 aromatic rings. The Bertz CT molecular complexity index is 1330. The normalized spacial score (nSPS) is 25.1. The summed E-state index contributed by atoms with van der Waals surface area (Å²) < 4.78 is 27.5. The molecule has 2 unspecified atom stereocenters. The zero-order valence-electron chi connectivity index (χ0n) is 23.1. The van der Waals surface area contributed by atoms with Gasteiger partial charge in [-0.05, 0) is 60.0 Å². The van der Waals surface area contributed by atoms with Gasteiger partial charge < -0.3 is 19.5 Å². The van der Waals surface area contributed by atoms with Crippen molar-refractivity contribution in [3.63, 3.8) is 0 Å². The third kappa shape index (κ3) is 6.06. The zero-order valence-corrected chi connectivity index (χ0v) is 23.1. The molecule has 2 aromatic heterocycles. The van der Waals surface area contributed by atoms with E-state index in [1.54, 1.807) is 31.6 Å². The number of hydrogen-bond donors (Lipinski definition) is 1. The summed E-state index contributed by atoms with van der Waals surface area (Å²) in [5.41, 5.74) is 2.05. The van der Waals surface area contributed by atoms with Crippen LogP contribution in [0.3, 0.4) is 0 Å². The molecule has 1 saturated heterocycles. The second-order valence-electron chi connectivity index (χ2n) is 11.3. The molecule has 1 saturated carbocycles. The largest absolute Gasteiger partial charge is 0.467 e. The quantitative estimate of drug-likeness (QED) is 0.638. The smallest absolute Gasteiger partial charge is 0.410 e. The molecular formula is C28H38FN5O4. The van der Waals surface area contributed by atoms with E-state index >= 15 is 4.39 Å². The SMILES string of the molecule is C=c1/c(=C\C(C)=C(/C)C2CCN(C(=O)OC(C)(C)C)CC2F)cnn1-c1cc(C2CC(O)C2)nc(OC)n1. The van der Waals surface area contributed by atoms with Crippen LogP contribution in [0.2, 0.25) is 0 Å². The molecule has 0 aromatic carbocycles. The number of aliphatic hydroxyl groups excluding tert-OH is 1. The predicted octanol–water partition coefficient (Wildman–Crippen LogP) is 3.03. The highest BCUT2D eigenvalue weighted by Crippen LogP contribution is 2.36. The van der Waals surface area contributed by atoms with Crippen LogP contribution in [0.4, 0.5) is 9.18 Å². The van der Waals surface area contributed by atoms with Gasteiger partial charge in [-0.25, -0.2) is 13.9 Å². The minimum absolute atomic E-state index is 0.0125. The Morgan fingerprint density at radius 1 is 1.26 bits per heavy atom. The Labute approximate surface area is 222 Å². The molecule has 2 atom stereocenters. The summed E-state index contributed by atoms with van der Waals surface area (Å²) in [7, 11) is 1.51. The third-order valence-electron chi connectivity index (χ3n) is 7.29. The van der Waals surface area contributed by atoms with Crippen molar-refractivity contribution in [3.05, 3.63) is 39.7 Å². The van der Waals surface area contributed by atoms with Crippen LogP contribution in [0.15, 0.2) is 23.4 Å². The minimum Gasteiger partial charge on any atom is -0.467 e. The summed E-state index contributed by atoms with van der Waals surface area (Å²) in [5, 5.41) is 15.6. The maximum absolute atomic E-state index is 15.2. The highest BCUT2D eigenvalue weighted by Gasteiger charge is 2.35. The molecule has 206 valence electrons. The molecule has 4 rings (SSSR count). The number of allylic oxidation sites excluding steroid dienone is 2. The molecule has 38 heavy (non-hydrogen) atoms. The van der Waals surface area contributed by atoms with Crippen molar-refractivity contribution in [2.24, 2.45) is 5.92 Å². The van der Waals surface area contributed by atoms with E-state index in [0.29, 0.717) is 37.0 Å². The molecule has 1 amide bonds. The predicted molar refractivity (Wildman–Crippen MR) is 142 cm³/mol. The van der Waals surface area contributed by atoms with Crippen LogP contribution >= 0.6 is 0 Å². The second-order valence-corrected chi connectivity index (χ2v) is 11.3. The first kappa shape index (κ1) is 27.8. The molecular weight excluding hydrogens is 489 g/mol. The van der Waals surface area contributed by atoms with Gasteiger partial charge in [0.1, 0.15) is 11.8 Å². The number of aliphatic hydroxyl groups is 1. The number of aromatic nitrogens is 4. The molecule has 2 aliphatic rings. The minimum atomic E-state index is -1.18. The van der Waals surface area contributed by atoms with E-state index in [4.69, 9.17) is 9.47 Å². The molecule has 3 heterocycles. The van der Waals surface area contributed by atoms with Crippen molar-refractivity contribution in [1.82, 2.24) is 24.6 Å². The molecule has 1 N–H and O–H groups in total. The van der Waals surface area contributed by atoms with E-state index in [1.807, 2.05) is 26.0 Å². The first-order valence-corrected chi connectivity index (χ1v) is 13.0. The standard InChI is InChI=1S/C28H38FN5O4/c1-16(17(2)22-8-9-33(15-23(22)29)27(36)38-28(4,5)6)10-20-14-30-34(18(20)3)25-13-24(19-11-21(35)12-19)31-26(32-25)37-7/h10,13-14,19,21-23,35H,3,8-9,11-12,15H2,1-2,4-7H3/b17-16+,20-10-. The van der Waals surface area contributed by atoms with Crippen molar-refractivity contribution in [2.45, 2.75) is 77.7 Å². The summed E-state index contributed by atoms with van der Waals surface area (Å²) in [6.45, 7) is 14.0. The van der Waals surface area contributed by atoms with Crippen LogP contribution in [0.25, 0.3) is 18.5 Å². The third-order valence-corrected chi connectivity index (χ3v) is 7.29. The number of amides is 1. The van der Waals surface area contributed by atoms with Gasteiger partial charge in [0.15, 0.2) is 5.82 Å². The summed E-state index contributed by atoms with van der Waals surface area (Å²) in [6, 6.07) is 2.09. The first-order chi connectivity index (χ1) is 17.9. The van der Waals surface area contributed by atoms with Gasteiger partial charge in [0, 0.05) is 29.7 Å². The summed E-state index contributed by atoms with van der Waals surface area (Å²) in [6.07, 6.45) is 3.54. The van der Waals surface area contributed by atoms with Gasteiger partial charge in [0.05, 0.1) is 37.0 Å². The van der Waals surface area contributed by atoms with Crippen LogP contribution in [-0.4, -0.2) is 73.9 Å². The number of rotatable bonds is 5.